The summed E-state index contributed by atoms with van der Waals surface area (Å²) in [5.74, 6) is -0.710. The normalized spacial score (nSPS) is 12.6. The maximum absolute atomic E-state index is 12.6. The van der Waals surface area contributed by atoms with Gasteiger partial charge in [-0.2, -0.15) is 13.2 Å². The van der Waals surface area contributed by atoms with Crippen molar-refractivity contribution < 1.29 is 22.8 Å². The Morgan fingerprint density at radius 2 is 2.00 bits per heavy atom. The van der Waals surface area contributed by atoms with E-state index in [0.29, 0.717) is 4.90 Å². The number of carbonyl (C=O) groups excluding carboxylic acids is 2. The monoisotopic (exact) mass is 334 g/mol. The first kappa shape index (κ1) is 18.3. The van der Waals surface area contributed by atoms with E-state index in [1.807, 2.05) is 6.92 Å². The number of alkyl halides is 3. The Balaban J connectivity index is 2.49. The lowest BCUT2D eigenvalue weighted by atomic mass is 10.2. The molecule has 0 bridgehead atoms. The fourth-order valence-electron chi connectivity index (χ4n) is 1.44. The van der Waals surface area contributed by atoms with Crippen molar-refractivity contribution in [3.8, 4) is 0 Å². The van der Waals surface area contributed by atoms with E-state index in [9.17, 15) is 22.8 Å². The van der Waals surface area contributed by atoms with Gasteiger partial charge in [0.15, 0.2) is 0 Å². The third kappa shape index (κ3) is 6.38. The van der Waals surface area contributed by atoms with Gasteiger partial charge < -0.3 is 5.32 Å². The molecule has 0 saturated heterocycles. The van der Waals surface area contributed by atoms with Gasteiger partial charge in [-0.1, -0.05) is 13.0 Å². The lowest BCUT2D eigenvalue weighted by molar-refractivity contribution is -0.137. The summed E-state index contributed by atoms with van der Waals surface area (Å²) >= 11 is 0.933. The van der Waals surface area contributed by atoms with Crippen LogP contribution < -0.4 is 10.6 Å². The zero-order valence-electron chi connectivity index (χ0n) is 12.2. The minimum absolute atomic E-state index is 0.0658. The average Bonchev–Trinajstić information content (AvgIpc) is 2.44. The highest BCUT2D eigenvalue weighted by Crippen LogP contribution is 2.31. The molecule has 0 unspecified atom stereocenters. The number of amides is 3. The average molecular weight is 334 g/mol. The largest absolute Gasteiger partial charge is 0.416 e. The second-order valence-electron chi connectivity index (χ2n) is 4.65. The molecule has 3 amide bonds. The van der Waals surface area contributed by atoms with Gasteiger partial charge in [0, 0.05) is 10.9 Å². The van der Waals surface area contributed by atoms with Crippen LogP contribution in [-0.2, 0) is 11.0 Å². The minimum Gasteiger partial charge on any atom is -0.335 e. The number of imide groups is 1. The minimum atomic E-state index is -4.42. The Morgan fingerprint density at radius 1 is 1.32 bits per heavy atom. The number of hydrogen-bond acceptors (Lipinski definition) is 3. The summed E-state index contributed by atoms with van der Waals surface area (Å²) in [5.41, 5.74) is -0.771. The molecule has 0 aromatic heterocycles. The Labute approximate surface area is 130 Å². The third-order valence-electron chi connectivity index (χ3n) is 2.77. The van der Waals surface area contributed by atoms with Gasteiger partial charge in [-0.15, -0.1) is 11.8 Å². The van der Waals surface area contributed by atoms with E-state index in [0.717, 1.165) is 30.3 Å². The van der Waals surface area contributed by atoms with Gasteiger partial charge in [0.25, 0.3) is 0 Å². The quantitative estimate of drug-likeness (QED) is 0.811. The zero-order valence-corrected chi connectivity index (χ0v) is 13.0. The summed E-state index contributed by atoms with van der Waals surface area (Å²) in [5, 5.41) is 4.69. The highest BCUT2D eigenvalue weighted by molar-refractivity contribution is 8.00. The fourth-order valence-corrected chi connectivity index (χ4v) is 2.19. The third-order valence-corrected chi connectivity index (χ3v) is 3.77. The van der Waals surface area contributed by atoms with Crippen LogP contribution in [0, 0.1) is 0 Å². The van der Waals surface area contributed by atoms with Gasteiger partial charge in [-0.25, -0.2) is 4.79 Å². The first-order valence-corrected chi connectivity index (χ1v) is 7.61. The molecule has 0 aliphatic heterocycles. The Hall–Kier alpha value is -1.70. The summed E-state index contributed by atoms with van der Waals surface area (Å²) in [7, 11) is 0. The number of nitrogens with one attached hydrogen (secondary N) is 2. The summed E-state index contributed by atoms with van der Waals surface area (Å²) in [6.07, 6.45) is -3.70. The van der Waals surface area contributed by atoms with Crippen LogP contribution in [0.3, 0.4) is 0 Å². The number of rotatable bonds is 5. The molecule has 1 aromatic rings. The van der Waals surface area contributed by atoms with Crippen molar-refractivity contribution in [2.45, 2.75) is 37.4 Å². The molecule has 0 saturated carbocycles. The number of benzene rings is 1. The van der Waals surface area contributed by atoms with E-state index in [1.165, 1.54) is 12.1 Å². The standard InChI is InChI=1S/C14H17F3N2O2S/c1-3-9(2)18-13(21)19-12(20)8-22-11-6-4-5-10(7-11)14(15,16)17/h4-7,9H,3,8H2,1-2H3,(H2,18,19,20,21)/t9-/m1/s1. The van der Waals surface area contributed by atoms with Crippen molar-refractivity contribution in [1.82, 2.24) is 10.6 Å². The van der Waals surface area contributed by atoms with Gasteiger partial charge in [0.1, 0.15) is 0 Å². The molecule has 1 aromatic carbocycles. The summed E-state index contributed by atoms with van der Waals surface area (Å²) in [6.45, 7) is 3.68. The predicted molar refractivity (Wildman–Crippen MR) is 78.6 cm³/mol. The molecule has 0 aliphatic carbocycles. The fraction of sp³-hybridized carbons (Fsp3) is 0.429. The molecule has 0 aliphatic rings. The number of urea groups is 1. The SMILES string of the molecule is CC[C@@H](C)NC(=O)NC(=O)CSc1cccc(C(F)(F)F)c1. The zero-order chi connectivity index (χ0) is 16.8. The molecular weight excluding hydrogens is 317 g/mol. The Kier molecular flexibility index (Phi) is 6.73. The molecule has 1 rings (SSSR count). The van der Waals surface area contributed by atoms with Gasteiger partial charge in [-0.3, -0.25) is 10.1 Å². The van der Waals surface area contributed by atoms with Crippen LogP contribution in [0.15, 0.2) is 29.2 Å². The van der Waals surface area contributed by atoms with Crippen LogP contribution in [0.1, 0.15) is 25.8 Å². The molecule has 0 spiro atoms. The van der Waals surface area contributed by atoms with Crippen molar-refractivity contribution in [3.63, 3.8) is 0 Å². The maximum atomic E-state index is 12.6. The Morgan fingerprint density at radius 3 is 2.59 bits per heavy atom. The van der Waals surface area contributed by atoms with Crippen molar-refractivity contribution in [2.75, 3.05) is 5.75 Å². The van der Waals surface area contributed by atoms with Crippen LogP contribution in [0.5, 0.6) is 0 Å². The molecule has 4 nitrogen and oxygen atoms in total. The van der Waals surface area contributed by atoms with Crippen LogP contribution >= 0.6 is 11.8 Å². The van der Waals surface area contributed by atoms with Crippen LogP contribution in [0.2, 0.25) is 0 Å². The van der Waals surface area contributed by atoms with Gasteiger partial charge in [-0.05, 0) is 31.5 Å². The van der Waals surface area contributed by atoms with E-state index in [4.69, 9.17) is 0 Å². The van der Waals surface area contributed by atoms with Gasteiger partial charge in [0.2, 0.25) is 5.91 Å². The van der Waals surface area contributed by atoms with E-state index < -0.39 is 23.7 Å². The van der Waals surface area contributed by atoms with Crippen molar-refractivity contribution in [3.05, 3.63) is 29.8 Å². The van der Waals surface area contributed by atoms with Crippen LogP contribution in [0.25, 0.3) is 0 Å². The highest BCUT2D eigenvalue weighted by atomic mass is 32.2. The molecule has 22 heavy (non-hydrogen) atoms. The van der Waals surface area contributed by atoms with Crippen molar-refractivity contribution >= 4 is 23.7 Å². The lowest BCUT2D eigenvalue weighted by Gasteiger charge is -2.12. The van der Waals surface area contributed by atoms with Crippen molar-refractivity contribution in [2.24, 2.45) is 0 Å². The molecule has 1 atom stereocenters. The highest BCUT2D eigenvalue weighted by Gasteiger charge is 2.30. The summed E-state index contributed by atoms with van der Waals surface area (Å²) in [6, 6.07) is 4.01. The number of carbonyl (C=O) groups is 2. The summed E-state index contributed by atoms with van der Waals surface area (Å²) < 4.78 is 37.7. The number of halogens is 3. The first-order chi connectivity index (χ1) is 10.2. The number of hydrogen-bond donors (Lipinski definition) is 2. The molecule has 8 heteroatoms. The smallest absolute Gasteiger partial charge is 0.335 e. The number of thioether (sulfide) groups is 1. The van der Waals surface area contributed by atoms with Crippen molar-refractivity contribution in [1.29, 1.82) is 0 Å². The topological polar surface area (TPSA) is 58.2 Å². The maximum Gasteiger partial charge on any atom is 0.416 e. The molecule has 0 heterocycles. The van der Waals surface area contributed by atoms with E-state index in [-0.39, 0.29) is 11.8 Å². The van der Waals surface area contributed by atoms with E-state index >= 15 is 0 Å². The van der Waals surface area contributed by atoms with Gasteiger partial charge in [0.05, 0.1) is 11.3 Å². The van der Waals surface area contributed by atoms with E-state index in [2.05, 4.69) is 10.6 Å². The van der Waals surface area contributed by atoms with Crippen LogP contribution in [0.4, 0.5) is 18.0 Å². The Bertz CT molecular complexity index is 535. The predicted octanol–water partition coefficient (Wildman–Crippen LogP) is 3.42. The van der Waals surface area contributed by atoms with Crippen LogP contribution in [-0.4, -0.2) is 23.7 Å². The molecule has 122 valence electrons. The second kappa shape index (κ2) is 8.07. The second-order valence-corrected chi connectivity index (χ2v) is 5.69. The summed E-state index contributed by atoms with van der Waals surface area (Å²) in [4.78, 5) is 23.3. The van der Waals surface area contributed by atoms with Gasteiger partial charge >= 0.3 is 12.2 Å². The van der Waals surface area contributed by atoms with E-state index in [1.54, 1.807) is 6.92 Å². The first-order valence-electron chi connectivity index (χ1n) is 6.62. The molecule has 2 N–H and O–H groups in total. The molecule has 0 radical (unpaired) electrons. The lowest BCUT2D eigenvalue weighted by Crippen LogP contribution is -2.43. The molecular formula is C14H17F3N2O2S. The molecule has 0 fully saturated rings.